The standard InChI is InChI=1S/C20H30ClN3O3/c1-4-26-19(25)15-9-11-16(12-10-15)24-20(22-3)23-13-14(2)27-18-8-6-5-7-17(18)21/h5-8,14-16H,4,9-13H2,1-3H3,(H2,22,23,24). The molecule has 0 spiro atoms. The number of nitrogens with zero attached hydrogens (tertiary/aromatic N) is 1. The maximum absolute atomic E-state index is 11.8. The molecule has 0 aromatic heterocycles. The number of hydrogen-bond acceptors (Lipinski definition) is 4. The van der Waals surface area contributed by atoms with E-state index >= 15 is 0 Å². The fourth-order valence-corrected chi connectivity index (χ4v) is 3.34. The van der Waals surface area contributed by atoms with E-state index in [1.807, 2.05) is 38.1 Å². The fourth-order valence-electron chi connectivity index (χ4n) is 3.16. The van der Waals surface area contributed by atoms with E-state index in [-0.39, 0.29) is 18.0 Å². The van der Waals surface area contributed by atoms with Gasteiger partial charge in [-0.1, -0.05) is 23.7 Å². The summed E-state index contributed by atoms with van der Waals surface area (Å²) in [7, 11) is 1.75. The van der Waals surface area contributed by atoms with E-state index in [0.29, 0.717) is 30.0 Å². The number of halogens is 1. The average molecular weight is 396 g/mol. The number of carbonyl (C=O) groups excluding carboxylic acids is 1. The van der Waals surface area contributed by atoms with Crippen molar-refractivity contribution >= 4 is 23.5 Å². The minimum Gasteiger partial charge on any atom is -0.487 e. The molecule has 0 amide bonds. The highest BCUT2D eigenvalue weighted by Gasteiger charge is 2.27. The second kappa shape index (κ2) is 11.0. The molecule has 150 valence electrons. The lowest BCUT2D eigenvalue weighted by Gasteiger charge is -2.29. The number of hydrogen-bond donors (Lipinski definition) is 2. The molecule has 2 rings (SSSR count). The van der Waals surface area contributed by atoms with Gasteiger partial charge in [0.2, 0.25) is 0 Å². The van der Waals surface area contributed by atoms with Gasteiger partial charge < -0.3 is 20.1 Å². The van der Waals surface area contributed by atoms with E-state index in [2.05, 4.69) is 15.6 Å². The largest absolute Gasteiger partial charge is 0.487 e. The van der Waals surface area contributed by atoms with E-state index < -0.39 is 0 Å². The van der Waals surface area contributed by atoms with Crippen LogP contribution in [0.25, 0.3) is 0 Å². The Morgan fingerprint density at radius 3 is 2.63 bits per heavy atom. The number of ether oxygens (including phenoxy) is 2. The van der Waals surface area contributed by atoms with E-state index in [1.165, 1.54) is 0 Å². The zero-order valence-electron chi connectivity index (χ0n) is 16.3. The number of esters is 1. The molecule has 1 aliphatic carbocycles. The second-order valence-corrected chi connectivity index (χ2v) is 7.16. The van der Waals surface area contributed by atoms with Crippen molar-refractivity contribution in [2.75, 3.05) is 20.2 Å². The maximum Gasteiger partial charge on any atom is 0.308 e. The molecule has 0 bridgehead atoms. The van der Waals surface area contributed by atoms with Crippen LogP contribution in [0.2, 0.25) is 5.02 Å². The maximum atomic E-state index is 11.8. The first-order valence-corrected chi connectivity index (χ1v) is 9.96. The first-order chi connectivity index (χ1) is 13.0. The van der Waals surface area contributed by atoms with Gasteiger partial charge in [0.1, 0.15) is 11.9 Å². The molecular weight excluding hydrogens is 366 g/mol. The lowest BCUT2D eigenvalue weighted by Crippen LogP contribution is -2.47. The van der Waals surface area contributed by atoms with Crippen molar-refractivity contribution in [1.29, 1.82) is 0 Å². The molecule has 1 saturated carbocycles. The minimum atomic E-state index is -0.0667. The summed E-state index contributed by atoms with van der Waals surface area (Å²) in [5, 5.41) is 7.32. The van der Waals surface area contributed by atoms with E-state index in [4.69, 9.17) is 21.1 Å². The van der Waals surface area contributed by atoms with Gasteiger partial charge in [0.15, 0.2) is 5.96 Å². The summed E-state index contributed by atoms with van der Waals surface area (Å²) in [6.45, 7) is 4.87. The Kier molecular flexibility index (Phi) is 8.72. The molecule has 0 aliphatic heterocycles. The van der Waals surface area contributed by atoms with Crippen molar-refractivity contribution in [3.8, 4) is 5.75 Å². The topological polar surface area (TPSA) is 72.0 Å². The third-order valence-corrected chi connectivity index (χ3v) is 4.95. The van der Waals surface area contributed by atoms with Crippen molar-refractivity contribution in [1.82, 2.24) is 10.6 Å². The molecule has 1 fully saturated rings. The molecular formula is C20H30ClN3O3. The lowest BCUT2D eigenvalue weighted by molar-refractivity contribution is -0.149. The summed E-state index contributed by atoms with van der Waals surface area (Å²) in [6.07, 6.45) is 3.48. The number of guanidine groups is 1. The summed E-state index contributed by atoms with van der Waals surface area (Å²) in [5.41, 5.74) is 0. The lowest BCUT2D eigenvalue weighted by atomic mass is 9.86. The van der Waals surface area contributed by atoms with Gasteiger partial charge in [-0.15, -0.1) is 0 Å². The fraction of sp³-hybridized carbons (Fsp3) is 0.600. The Hall–Kier alpha value is -1.95. The monoisotopic (exact) mass is 395 g/mol. The van der Waals surface area contributed by atoms with Crippen LogP contribution in [0.15, 0.2) is 29.3 Å². The van der Waals surface area contributed by atoms with E-state index in [1.54, 1.807) is 7.05 Å². The first kappa shape index (κ1) is 21.4. The van der Waals surface area contributed by atoms with Crippen molar-refractivity contribution in [2.24, 2.45) is 10.9 Å². The smallest absolute Gasteiger partial charge is 0.308 e. The molecule has 1 atom stereocenters. The van der Waals surface area contributed by atoms with Crippen LogP contribution in [0.3, 0.4) is 0 Å². The van der Waals surface area contributed by atoms with Crippen LogP contribution in [-0.2, 0) is 9.53 Å². The van der Waals surface area contributed by atoms with Crippen LogP contribution in [0, 0.1) is 5.92 Å². The first-order valence-electron chi connectivity index (χ1n) is 9.58. The molecule has 2 N–H and O–H groups in total. The van der Waals surface area contributed by atoms with Crippen LogP contribution < -0.4 is 15.4 Å². The van der Waals surface area contributed by atoms with Gasteiger partial charge in [-0.3, -0.25) is 9.79 Å². The number of aliphatic imine (C=N–C) groups is 1. The van der Waals surface area contributed by atoms with Crippen LogP contribution in [-0.4, -0.2) is 44.3 Å². The predicted molar refractivity (Wildman–Crippen MR) is 108 cm³/mol. The van der Waals surface area contributed by atoms with Gasteiger partial charge in [-0.25, -0.2) is 0 Å². The summed E-state index contributed by atoms with van der Waals surface area (Å²) in [5.74, 6) is 1.38. The third kappa shape index (κ3) is 6.94. The summed E-state index contributed by atoms with van der Waals surface area (Å²) >= 11 is 6.13. The van der Waals surface area contributed by atoms with Gasteiger partial charge >= 0.3 is 5.97 Å². The number of para-hydroxylation sites is 1. The normalized spacial score (nSPS) is 21.3. The molecule has 0 radical (unpaired) electrons. The average Bonchev–Trinajstić information content (AvgIpc) is 2.67. The van der Waals surface area contributed by atoms with Crippen LogP contribution in [0.4, 0.5) is 0 Å². The molecule has 0 heterocycles. The SMILES string of the molecule is CCOC(=O)C1CCC(NC(=NC)NCC(C)Oc2ccccc2Cl)CC1. The summed E-state index contributed by atoms with van der Waals surface area (Å²) < 4.78 is 11.0. The summed E-state index contributed by atoms with van der Waals surface area (Å²) in [6, 6.07) is 7.74. The van der Waals surface area contributed by atoms with E-state index in [9.17, 15) is 4.79 Å². The zero-order chi connectivity index (χ0) is 19.6. The molecule has 1 unspecified atom stereocenters. The van der Waals surface area contributed by atoms with Gasteiger partial charge in [0.25, 0.3) is 0 Å². The Balaban J connectivity index is 1.73. The zero-order valence-corrected chi connectivity index (χ0v) is 17.1. The Morgan fingerprint density at radius 2 is 2.00 bits per heavy atom. The van der Waals surface area contributed by atoms with Crippen molar-refractivity contribution in [2.45, 2.75) is 51.7 Å². The highest BCUT2D eigenvalue weighted by molar-refractivity contribution is 6.32. The number of rotatable bonds is 7. The number of carbonyl (C=O) groups is 1. The van der Waals surface area contributed by atoms with Gasteiger partial charge in [-0.05, 0) is 51.7 Å². The molecule has 0 saturated heterocycles. The third-order valence-electron chi connectivity index (χ3n) is 4.63. The minimum absolute atomic E-state index is 0.0296. The second-order valence-electron chi connectivity index (χ2n) is 6.76. The van der Waals surface area contributed by atoms with Crippen molar-refractivity contribution in [3.63, 3.8) is 0 Å². The van der Waals surface area contributed by atoms with Crippen LogP contribution in [0.1, 0.15) is 39.5 Å². The predicted octanol–water partition coefficient (Wildman–Crippen LogP) is 3.39. The number of benzene rings is 1. The Labute approximate surface area is 166 Å². The molecule has 6 nitrogen and oxygen atoms in total. The Bertz CT molecular complexity index is 631. The molecule has 7 heteroatoms. The Morgan fingerprint density at radius 1 is 1.30 bits per heavy atom. The highest BCUT2D eigenvalue weighted by Crippen LogP contribution is 2.25. The molecule has 1 aromatic rings. The molecule has 1 aliphatic rings. The molecule has 1 aromatic carbocycles. The quantitative estimate of drug-likeness (QED) is 0.420. The van der Waals surface area contributed by atoms with Crippen molar-refractivity contribution < 1.29 is 14.3 Å². The number of nitrogens with one attached hydrogen (secondary N) is 2. The van der Waals surface area contributed by atoms with E-state index in [0.717, 1.165) is 31.6 Å². The van der Waals surface area contributed by atoms with Crippen molar-refractivity contribution in [3.05, 3.63) is 29.3 Å². The van der Waals surface area contributed by atoms with Crippen LogP contribution >= 0.6 is 11.6 Å². The molecule has 27 heavy (non-hydrogen) atoms. The van der Waals surface area contributed by atoms with Gasteiger partial charge in [-0.2, -0.15) is 0 Å². The van der Waals surface area contributed by atoms with Crippen LogP contribution in [0.5, 0.6) is 5.75 Å². The highest BCUT2D eigenvalue weighted by atomic mass is 35.5. The summed E-state index contributed by atoms with van der Waals surface area (Å²) in [4.78, 5) is 16.1. The van der Waals surface area contributed by atoms with Gasteiger partial charge in [0, 0.05) is 13.1 Å². The van der Waals surface area contributed by atoms with Gasteiger partial charge in [0.05, 0.1) is 24.1 Å².